The van der Waals surface area contributed by atoms with E-state index < -0.39 is 18.0 Å². The third-order valence-corrected chi connectivity index (χ3v) is 9.99. The summed E-state index contributed by atoms with van der Waals surface area (Å²) >= 11 is 6.78. The van der Waals surface area contributed by atoms with E-state index in [0.29, 0.717) is 52.9 Å². The molecule has 1 atom stereocenters. The fourth-order valence-corrected chi connectivity index (χ4v) is 6.41. The number of hydrogen-bond donors (Lipinski definition) is 4. The molecule has 55 heavy (non-hydrogen) atoms. The number of benzene rings is 4. The molecule has 5 aromatic rings. The number of aryl methyl sites for hydroxylation is 1. The van der Waals surface area contributed by atoms with Crippen LogP contribution in [0.3, 0.4) is 0 Å². The van der Waals surface area contributed by atoms with E-state index in [0.717, 1.165) is 44.7 Å². The zero-order valence-electron chi connectivity index (χ0n) is 31.3. The van der Waals surface area contributed by atoms with Gasteiger partial charge in [-0.25, -0.2) is 0 Å². The molecule has 1 heterocycles. The van der Waals surface area contributed by atoms with Crippen LogP contribution in [-0.4, -0.2) is 59.2 Å². The molecule has 0 fully saturated rings. The monoisotopic (exact) mass is 763 g/mol. The van der Waals surface area contributed by atoms with E-state index in [2.05, 4.69) is 66.6 Å². The molecular weight excluding hydrogens is 718 g/mol. The molecule has 0 amide bonds. The third kappa shape index (κ3) is 10.4. The number of carboxylic acids is 1. The molecule has 4 N–H and O–H groups in total. The number of nitrogens with zero attached hydrogens (tertiary/aromatic N) is 2. The van der Waals surface area contributed by atoms with Crippen LogP contribution in [0.1, 0.15) is 46.7 Å². The van der Waals surface area contributed by atoms with Crippen molar-refractivity contribution in [2.24, 2.45) is 5.41 Å². The zero-order chi connectivity index (χ0) is 39.4. The summed E-state index contributed by atoms with van der Waals surface area (Å²) in [6.45, 7) is 7.31. The highest BCUT2D eigenvalue weighted by Crippen LogP contribution is 2.38. The number of aliphatic hydroxyl groups is 2. The van der Waals surface area contributed by atoms with Gasteiger partial charge in [0, 0.05) is 37.1 Å². The highest BCUT2D eigenvalue weighted by atomic mass is 35.5. The largest absolute Gasteiger partial charge is 0.492 e. The van der Waals surface area contributed by atoms with Crippen molar-refractivity contribution in [3.05, 3.63) is 130 Å². The Balaban J connectivity index is 1.36. The van der Waals surface area contributed by atoms with Gasteiger partial charge < -0.3 is 34.8 Å². The Labute approximate surface area is 326 Å². The summed E-state index contributed by atoms with van der Waals surface area (Å²) in [6, 6.07) is 27.7. The first-order chi connectivity index (χ1) is 26.6. The summed E-state index contributed by atoms with van der Waals surface area (Å²) in [4.78, 5) is 16.0. The molecule has 11 heteroatoms. The molecule has 0 aliphatic heterocycles. The maximum atomic E-state index is 11.9. The van der Waals surface area contributed by atoms with E-state index in [4.69, 9.17) is 30.9 Å². The van der Waals surface area contributed by atoms with Crippen molar-refractivity contribution in [3.63, 3.8) is 0 Å². The van der Waals surface area contributed by atoms with Crippen molar-refractivity contribution in [1.29, 1.82) is 5.26 Å². The van der Waals surface area contributed by atoms with Gasteiger partial charge in [-0.05, 0) is 102 Å². The van der Waals surface area contributed by atoms with Crippen LogP contribution in [0.2, 0.25) is 5.02 Å². The molecule has 10 nitrogen and oxygen atoms in total. The lowest BCUT2D eigenvalue weighted by Gasteiger charge is -2.23. The number of nitriles is 1. The zero-order valence-corrected chi connectivity index (χ0v) is 32.0. The number of aromatic nitrogens is 1. The first kappa shape index (κ1) is 40.7. The topological polar surface area (TPSA) is 154 Å². The third-order valence-electron chi connectivity index (χ3n) is 9.70. The number of rotatable bonds is 19. The number of nitrogens with one attached hydrogen (secondary N) is 1. The van der Waals surface area contributed by atoms with Gasteiger partial charge in [-0.3, -0.25) is 9.78 Å². The minimum Gasteiger partial charge on any atom is -0.492 e. The van der Waals surface area contributed by atoms with Crippen molar-refractivity contribution in [3.8, 4) is 45.6 Å². The number of aliphatic hydroxyl groups excluding tert-OH is 2. The maximum absolute atomic E-state index is 11.9. The standard InChI is InChI=1S/C44H46ClN3O7/c1-29-35(6-4-8-38(29)39-9-5-7-37(30(39)2)33-10-12-36(13-11-33)53-19-17-47-16-18-49)27-55-42-22-41(54-26-32-20-31(23-46)24-48-25-32)34(21-40(42)45)14-15-44(3,28-50)43(51)52/h4-13,20-22,24-25,47,49-50H,14-19,26-28H2,1-3H3,(H,51,52)/t44-/m1/s1. The smallest absolute Gasteiger partial charge is 0.311 e. The average molecular weight is 764 g/mol. The Morgan fingerprint density at radius 3 is 2.27 bits per heavy atom. The lowest BCUT2D eigenvalue weighted by atomic mass is 9.85. The minimum atomic E-state index is -1.34. The van der Waals surface area contributed by atoms with Crippen molar-refractivity contribution < 1.29 is 34.3 Å². The summed E-state index contributed by atoms with van der Waals surface area (Å²) in [5.74, 6) is 0.525. The summed E-state index contributed by atoms with van der Waals surface area (Å²) in [7, 11) is 0. The van der Waals surface area contributed by atoms with Crippen LogP contribution in [0.5, 0.6) is 17.2 Å². The molecule has 0 saturated carbocycles. The molecule has 5 rings (SSSR count). The minimum absolute atomic E-state index is 0.0969. The lowest BCUT2D eigenvalue weighted by Crippen LogP contribution is -2.32. The second-order valence-corrected chi connectivity index (χ2v) is 14.0. The van der Waals surface area contributed by atoms with E-state index >= 15 is 0 Å². The van der Waals surface area contributed by atoms with Gasteiger partial charge in [-0.15, -0.1) is 0 Å². The van der Waals surface area contributed by atoms with Crippen LogP contribution in [0.15, 0.2) is 91.3 Å². The molecule has 0 unspecified atom stereocenters. The predicted molar refractivity (Wildman–Crippen MR) is 212 cm³/mol. The van der Waals surface area contributed by atoms with Crippen LogP contribution < -0.4 is 19.5 Å². The van der Waals surface area contributed by atoms with E-state index in [1.54, 1.807) is 24.4 Å². The second-order valence-electron chi connectivity index (χ2n) is 13.6. The normalized spacial score (nSPS) is 12.1. The molecule has 0 radical (unpaired) electrons. The quantitative estimate of drug-likeness (QED) is 0.0616. The SMILES string of the molecule is Cc1c(COc2cc(OCc3cncc(C#N)c3)c(CC[C@](C)(CO)C(=O)O)cc2Cl)cccc1-c1cccc(-c2ccc(OCCNCCO)cc2)c1C. The number of pyridine rings is 1. The number of hydrogen-bond acceptors (Lipinski definition) is 9. The highest BCUT2D eigenvalue weighted by Gasteiger charge is 2.32. The Morgan fingerprint density at radius 1 is 0.855 bits per heavy atom. The molecule has 0 bridgehead atoms. The van der Waals surface area contributed by atoms with E-state index in [1.807, 2.05) is 24.3 Å². The first-order valence-corrected chi connectivity index (χ1v) is 18.4. The van der Waals surface area contributed by atoms with Gasteiger partial charge in [-0.1, -0.05) is 60.1 Å². The summed E-state index contributed by atoms with van der Waals surface area (Å²) in [6.07, 6.45) is 3.50. The number of carbonyl (C=O) groups is 1. The van der Waals surface area contributed by atoms with Gasteiger partial charge in [0.2, 0.25) is 0 Å². The number of aliphatic carboxylic acids is 1. The summed E-state index contributed by atoms with van der Waals surface area (Å²) in [5.41, 5.74) is 7.97. The predicted octanol–water partition coefficient (Wildman–Crippen LogP) is 7.69. The van der Waals surface area contributed by atoms with Crippen LogP contribution in [0.4, 0.5) is 0 Å². The van der Waals surface area contributed by atoms with Crippen LogP contribution in [0.25, 0.3) is 22.3 Å². The molecule has 286 valence electrons. The Kier molecular flexibility index (Phi) is 14.3. The Hall–Kier alpha value is -5.44. The fourth-order valence-electron chi connectivity index (χ4n) is 6.17. The molecular formula is C44H46ClN3O7. The number of halogens is 1. The van der Waals surface area contributed by atoms with Gasteiger partial charge in [0.05, 0.1) is 29.2 Å². The van der Waals surface area contributed by atoms with Crippen molar-refractivity contribution >= 4 is 17.6 Å². The molecule has 0 aliphatic carbocycles. The highest BCUT2D eigenvalue weighted by molar-refractivity contribution is 6.32. The van der Waals surface area contributed by atoms with Gasteiger partial charge in [0.1, 0.15) is 43.1 Å². The number of carboxylic acid groups (broad SMARTS) is 1. The Morgan fingerprint density at radius 2 is 1.56 bits per heavy atom. The van der Waals surface area contributed by atoms with E-state index in [1.165, 1.54) is 13.1 Å². The van der Waals surface area contributed by atoms with Crippen molar-refractivity contribution in [2.75, 3.05) is 32.9 Å². The lowest BCUT2D eigenvalue weighted by molar-refractivity contribution is -0.150. The van der Waals surface area contributed by atoms with Gasteiger partial charge >= 0.3 is 5.97 Å². The van der Waals surface area contributed by atoms with Crippen molar-refractivity contribution in [2.45, 2.75) is 46.8 Å². The summed E-state index contributed by atoms with van der Waals surface area (Å²) < 4.78 is 18.4. The van der Waals surface area contributed by atoms with Gasteiger partial charge in [-0.2, -0.15) is 5.26 Å². The molecule has 4 aromatic carbocycles. The van der Waals surface area contributed by atoms with Gasteiger partial charge in [0.15, 0.2) is 0 Å². The van der Waals surface area contributed by atoms with Crippen LogP contribution in [0, 0.1) is 30.6 Å². The van der Waals surface area contributed by atoms with E-state index in [-0.39, 0.29) is 32.7 Å². The molecule has 0 spiro atoms. The van der Waals surface area contributed by atoms with E-state index in [9.17, 15) is 20.3 Å². The fraction of sp³-hybridized carbons (Fsp3) is 0.295. The molecule has 0 aliphatic rings. The molecule has 0 saturated heterocycles. The first-order valence-electron chi connectivity index (χ1n) is 18.1. The van der Waals surface area contributed by atoms with Crippen LogP contribution >= 0.6 is 11.6 Å². The maximum Gasteiger partial charge on any atom is 0.311 e. The summed E-state index contributed by atoms with van der Waals surface area (Å²) in [5, 5.41) is 41.2. The van der Waals surface area contributed by atoms with Crippen LogP contribution in [-0.2, 0) is 24.4 Å². The number of ether oxygens (including phenoxy) is 3. The van der Waals surface area contributed by atoms with Crippen molar-refractivity contribution in [1.82, 2.24) is 10.3 Å². The second kappa shape index (κ2) is 19.2. The Bertz CT molecular complexity index is 2130. The molecule has 1 aromatic heterocycles. The average Bonchev–Trinajstić information content (AvgIpc) is 3.20. The van der Waals surface area contributed by atoms with Gasteiger partial charge in [0.25, 0.3) is 0 Å².